The van der Waals surface area contributed by atoms with Crippen LogP contribution >= 0.6 is 11.6 Å². The third-order valence-electron chi connectivity index (χ3n) is 4.12. The Balaban J connectivity index is 1.74. The fraction of sp³-hybridized carbons (Fsp3) is 0.143. The molecule has 0 bridgehead atoms. The van der Waals surface area contributed by atoms with E-state index < -0.39 is 0 Å². The monoisotopic (exact) mass is 380 g/mol. The average molecular weight is 381 g/mol. The molecular formula is C21H21ClN4O. The highest BCUT2D eigenvalue weighted by Crippen LogP contribution is 2.23. The molecule has 0 aliphatic rings. The molecule has 0 saturated carbocycles. The van der Waals surface area contributed by atoms with Crippen LogP contribution in [-0.2, 0) is 0 Å². The van der Waals surface area contributed by atoms with E-state index in [1.165, 1.54) is 6.20 Å². The van der Waals surface area contributed by atoms with E-state index in [2.05, 4.69) is 15.6 Å². The number of hydrogen-bond donors (Lipinski definition) is 2. The predicted octanol–water partition coefficient (Wildman–Crippen LogP) is 5.11. The summed E-state index contributed by atoms with van der Waals surface area (Å²) in [5.74, 6) is -0.237. The molecule has 1 heterocycles. The highest BCUT2D eigenvalue weighted by molar-refractivity contribution is 6.31. The summed E-state index contributed by atoms with van der Waals surface area (Å²) in [4.78, 5) is 18.8. The zero-order chi connectivity index (χ0) is 19.4. The average Bonchev–Trinajstić information content (AvgIpc) is 2.65. The van der Waals surface area contributed by atoms with Gasteiger partial charge in [0.2, 0.25) is 0 Å². The number of hydrogen-bond acceptors (Lipinski definition) is 4. The number of rotatable bonds is 5. The van der Waals surface area contributed by atoms with Crippen LogP contribution in [0.25, 0.3) is 0 Å². The Kier molecular flexibility index (Phi) is 5.62. The topological polar surface area (TPSA) is 57.3 Å². The van der Waals surface area contributed by atoms with Gasteiger partial charge in [-0.25, -0.2) is 0 Å². The van der Waals surface area contributed by atoms with Gasteiger partial charge in [-0.3, -0.25) is 9.78 Å². The lowest BCUT2D eigenvalue weighted by Gasteiger charge is -2.14. The minimum atomic E-state index is -0.237. The number of nitrogens with zero attached hydrogens (tertiary/aromatic N) is 2. The van der Waals surface area contributed by atoms with Gasteiger partial charge in [0.05, 0.1) is 17.4 Å². The number of carbonyl (C=O) groups is 1. The first kappa shape index (κ1) is 18.7. The summed E-state index contributed by atoms with van der Waals surface area (Å²) in [7, 11) is 3.99. The fourth-order valence-corrected chi connectivity index (χ4v) is 2.74. The predicted molar refractivity (Wildman–Crippen MR) is 112 cm³/mol. The smallest absolute Gasteiger partial charge is 0.257 e. The Hall–Kier alpha value is -3.05. The largest absolute Gasteiger partial charge is 0.378 e. The molecular weight excluding hydrogens is 360 g/mol. The molecule has 0 aliphatic heterocycles. The number of aryl methyl sites for hydroxylation is 1. The number of pyridine rings is 1. The van der Waals surface area contributed by atoms with Gasteiger partial charge in [0, 0.05) is 42.4 Å². The van der Waals surface area contributed by atoms with E-state index in [0.717, 1.165) is 22.6 Å². The molecule has 1 amide bonds. The van der Waals surface area contributed by atoms with Crippen molar-refractivity contribution in [3.8, 4) is 0 Å². The minimum Gasteiger partial charge on any atom is -0.378 e. The number of nitrogens with one attached hydrogen (secondary N) is 2. The van der Waals surface area contributed by atoms with Crippen molar-refractivity contribution in [2.45, 2.75) is 6.92 Å². The van der Waals surface area contributed by atoms with Crippen LogP contribution in [0.4, 0.5) is 22.7 Å². The van der Waals surface area contributed by atoms with Crippen LogP contribution in [0.5, 0.6) is 0 Å². The summed E-state index contributed by atoms with van der Waals surface area (Å²) in [5, 5.41) is 6.72. The van der Waals surface area contributed by atoms with E-state index in [1.54, 1.807) is 24.4 Å². The maximum atomic E-state index is 12.6. The number of benzene rings is 2. The van der Waals surface area contributed by atoms with Crippen LogP contribution in [0, 0.1) is 6.92 Å². The molecule has 0 saturated heterocycles. The summed E-state index contributed by atoms with van der Waals surface area (Å²) in [6.07, 6.45) is 3.22. The van der Waals surface area contributed by atoms with Gasteiger partial charge in [0.15, 0.2) is 0 Å². The van der Waals surface area contributed by atoms with Crippen molar-refractivity contribution in [3.05, 3.63) is 77.1 Å². The summed E-state index contributed by atoms with van der Waals surface area (Å²) in [5.41, 5.74) is 4.86. The number of amides is 1. The Morgan fingerprint density at radius 2 is 1.74 bits per heavy atom. The van der Waals surface area contributed by atoms with E-state index in [1.807, 2.05) is 56.3 Å². The van der Waals surface area contributed by atoms with Gasteiger partial charge >= 0.3 is 0 Å². The van der Waals surface area contributed by atoms with Crippen molar-refractivity contribution >= 4 is 40.3 Å². The van der Waals surface area contributed by atoms with E-state index in [0.29, 0.717) is 16.3 Å². The molecule has 3 aromatic rings. The zero-order valence-corrected chi connectivity index (χ0v) is 16.2. The molecule has 0 atom stereocenters. The van der Waals surface area contributed by atoms with Crippen LogP contribution < -0.4 is 15.5 Å². The highest BCUT2D eigenvalue weighted by atomic mass is 35.5. The number of anilines is 4. The van der Waals surface area contributed by atoms with Crippen molar-refractivity contribution in [2.24, 2.45) is 0 Å². The van der Waals surface area contributed by atoms with Gasteiger partial charge in [-0.2, -0.15) is 0 Å². The molecule has 3 rings (SSSR count). The van der Waals surface area contributed by atoms with Crippen molar-refractivity contribution in [1.29, 1.82) is 0 Å². The molecule has 0 unspecified atom stereocenters. The summed E-state index contributed by atoms with van der Waals surface area (Å²) >= 11 is 6.02. The fourth-order valence-electron chi connectivity index (χ4n) is 2.57. The normalized spacial score (nSPS) is 10.4. The quantitative estimate of drug-likeness (QED) is 0.646. The maximum absolute atomic E-state index is 12.6. The highest BCUT2D eigenvalue weighted by Gasteiger charge is 2.10. The molecule has 0 aliphatic carbocycles. The lowest BCUT2D eigenvalue weighted by atomic mass is 10.2. The number of halogens is 1. The second-order valence-electron chi connectivity index (χ2n) is 6.44. The molecule has 2 aromatic carbocycles. The SMILES string of the molecule is Cc1ccc(Cl)cc1NC(=O)c1cncc(Nc2ccc(N(C)C)cc2)c1. The van der Waals surface area contributed by atoms with Crippen LogP contribution in [0.15, 0.2) is 60.9 Å². The first-order valence-electron chi connectivity index (χ1n) is 8.49. The molecule has 6 heteroatoms. The zero-order valence-electron chi connectivity index (χ0n) is 15.5. The van der Waals surface area contributed by atoms with Gasteiger partial charge in [-0.05, 0) is 55.0 Å². The molecule has 27 heavy (non-hydrogen) atoms. The lowest BCUT2D eigenvalue weighted by molar-refractivity contribution is 0.102. The molecule has 2 N–H and O–H groups in total. The summed E-state index contributed by atoms with van der Waals surface area (Å²) in [6, 6.07) is 15.2. The van der Waals surface area contributed by atoms with Crippen molar-refractivity contribution < 1.29 is 4.79 Å². The molecule has 0 radical (unpaired) electrons. The van der Waals surface area contributed by atoms with Gasteiger partial charge < -0.3 is 15.5 Å². The van der Waals surface area contributed by atoms with E-state index in [9.17, 15) is 4.79 Å². The van der Waals surface area contributed by atoms with Crippen molar-refractivity contribution in [3.63, 3.8) is 0 Å². The van der Waals surface area contributed by atoms with Crippen LogP contribution in [0.3, 0.4) is 0 Å². The number of aromatic nitrogens is 1. The molecule has 1 aromatic heterocycles. The first-order valence-corrected chi connectivity index (χ1v) is 8.87. The third kappa shape index (κ3) is 4.77. The molecule has 5 nitrogen and oxygen atoms in total. The second-order valence-corrected chi connectivity index (χ2v) is 6.88. The second kappa shape index (κ2) is 8.10. The van der Waals surface area contributed by atoms with E-state index in [4.69, 9.17) is 11.6 Å². The van der Waals surface area contributed by atoms with Gasteiger partial charge in [-0.15, -0.1) is 0 Å². The third-order valence-corrected chi connectivity index (χ3v) is 4.36. The Morgan fingerprint density at radius 3 is 2.44 bits per heavy atom. The van der Waals surface area contributed by atoms with Gasteiger partial charge in [-0.1, -0.05) is 17.7 Å². The van der Waals surface area contributed by atoms with E-state index >= 15 is 0 Å². The Morgan fingerprint density at radius 1 is 1.00 bits per heavy atom. The van der Waals surface area contributed by atoms with E-state index in [-0.39, 0.29) is 5.91 Å². The lowest BCUT2D eigenvalue weighted by Crippen LogP contribution is -2.13. The molecule has 138 valence electrons. The molecule has 0 fully saturated rings. The van der Waals surface area contributed by atoms with Crippen LogP contribution in [0.1, 0.15) is 15.9 Å². The van der Waals surface area contributed by atoms with Crippen LogP contribution in [0.2, 0.25) is 5.02 Å². The first-order chi connectivity index (χ1) is 12.9. The van der Waals surface area contributed by atoms with Crippen LogP contribution in [-0.4, -0.2) is 25.0 Å². The number of carbonyl (C=O) groups excluding carboxylic acids is 1. The maximum Gasteiger partial charge on any atom is 0.257 e. The van der Waals surface area contributed by atoms with Gasteiger partial charge in [0.1, 0.15) is 0 Å². The van der Waals surface area contributed by atoms with Gasteiger partial charge in [0.25, 0.3) is 5.91 Å². The minimum absolute atomic E-state index is 0.237. The molecule has 0 spiro atoms. The van der Waals surface area contributed by atoms with Crippen molar-refractivity contribution in [1.82, 2.24) is 4.98 Å². The summed E-state index contributed by atoms with van der Waals surface area (Å²) in [6.45, 7) is 1.92. The Bertz CT molecular complexity index is 955. The standard InChI is InChI=1S/C21H21ClN4O/c1-14-4-5-16(22)11-20(14)25-21(27)15-10-18(13-23-12-15)24-17-6-8-19(9-7-17)26(2)3/h4-13,24H,1-3H3,(H,25,27). The summed E-state index contributed by atoms with van der Waals surface area (Å²) < 4.78 is 0. The Labute approximate surface area is 164 Å². The van der Waals surface area contributed by atoms with Crippen molar-refractivity contribution in [2.75, 3.05) is 29.6 Å².